The van der Waals surface area contributed by atoms with Gasteiger partial charge in [0, 0.05) is 19.8 Å². The van der Waals surface area contributed by atoms with E-state index in [0.29, 0.717) is 45.3 Å². The second-order valence-corrected chi connectivity index (χ2v) is 5.66. The minimum absolute atomic E-state index is 0. The summed E-state index contributed by atoms with van der Waals surface area (Å²) >= 11 is 0. The van der Waals surface area contributed by atoms with Crippen LogP contribution in [0.1, 0.15) is 44.9 Å². The Morgan fingerprint density at radius 3 is 2.55 bits per heavy atom. The first-order valence-corrected chi connectivity index (χ1v) is 7.47. The number of carbonyl (C=O) groups excluding carboxylic acids is 1. The van der Waals surface area contributed by atoms with Gasteiger partial charge in [0.2, 0.25) is 5.91 Å². The molecule has 0 bridgehead atoms. The summed E-state index contributed by atoms with van der Waals surface area (Å²) in [4.78, 5) is 12.0. The molecule has 0 aromatic heterocycles. The van der Waals surface area contributed by atoms with E-state index in [1.807, 2.05) is 0 Å². The maximum absolute atomic E-state index is 12.0. The van der Waals surface area contributed by atoms with Gasteiger partial charge in [-0.15, -0.1) is 12.4 Å². The highest BCUT2D eigenvalue weighted by Crippen LogP contribution is 2.20. The lowest BCUT2D eigenvalue weighted by atomic mass is 9.90. The number of hydrogen-bond acceptors (Lipinski definition) is 4. The molecule has 1 aliphatic carbocycles. The molecule has 5 nitrogen and oxygen atoms in total. The molecule has 118 valence electrons. The maximum atomic E-state index is 12.0. The molecule has 20 heavy (non-hydrogen) atoms. The molecule has 0 atom stereocenters. The maximum Gasteiger partial charge on any atom is 0.240 e. The van der Waals surface area contributed by atoms with Gasteiger partial charge in [-0.2, -0.15) is 0 Å². The van der Waals surface area contributed by atoms with Crippen LogP contribution in [0.15, 0.2) is 0 Å². The fraction of sp³-hybridized carbons (Fsp3) is 0.929. The van der Waals surface area contributed by atoms with Crippen LogP contribution in [0.4, 0.5) is 0 Å². The van der Waals surface area contributed by atoms with Crippen LogP contribution >= 0.6 is 12.4 Å². The van der Waals surface area contributed by atoms with Gasteiger partial charge in [0.05, 0.1) is 18.2 Å². The zero-order valence-electron chi connectivity index (χ0n) is 12.1. The Kier molecular flexibility index (Phi) is 7.80. The Morgan fingerprint density at radius 2 is 1.90 bits per heavy atom. The summed E-state index contributed by atoms with van der Waals surface area (Å²) in [5.41, 5.74) is 5.35. The molecule has 1 heterocycles. The summed E-state index contributed by atoms with van der Waals surface area (Å²) in [6.45, 7) is 2.28. The van der Waals surface area contributed by atoms with Gasteiger partial charge in [-0.05, 0) is 25.7 Å². The predicted molar refractivity (Wildman–Crippen MR) is 80.1 cm³/mol. The van der Waals surface area contributed by atoms with Crippen molar-refractivity contribution in [2.24, 2.45) is 5.73 Å². The third-order valence-electron chi connectivity index (χ3n) is 4.13. The fourth-order valence-electron chi connectivity index (χ4n) is 2.76. The molecule has 2 fully saturated rings. The van der Waals surface area contributed by atoms with Crippen LogP contribution in [-0.2, 0) is 14.3 Å². The number of ether oxygens (including phenoxy) is 2. The largest absolute Gasteiger partial charge is 0.381 e. The van der Waals surface area contributed by atoms with Gasteiger partial charge in [0.1, 0.15) is 0 Å². The Balaban J connectivity index is 0.00000200. The average molecular weight is 307 g/mol. The minimum Gasteiger partial charge on any atom is -0.381 e. The van der Waals surface area contributed by atoms with Gasteiger partial charge in [0.15, 0.2) is 0 Å². The van der Waals surface area contributed by atoms with E-state index in [1.165, 1.54) is 19.3 Å². The van der Waals surface area contributed by atoms with Crippen molar-refractivity contribution in [1.82, 2.24) is 5.32 Å². The van der Waals surface area contributed by atoms with Gasteiger partial charge in [-0.25, -0.2) is 0 Å². The van der Waals surface area contributed by atoms with Crippen LogP contribution < -0.4 is 11.1 Å². The molecule has 1 amide bonds. The fourth-order valence-corrected chi connectivity index (χ4v) is 2.76. The Bertz CT molecular complexity index is 290. The van der Waals surface area contributed by atoms with E-state index in [4.69, 9.17) is 15.2 Å². The number of nitrogens with two attached hydrogens (primary N) is 1. The highest BCUT2D eigenvalue weighted by molar-refractivity contribution is 5.86. The van der Waals surface area contributed by atoms with Crippen LogP contribution in [0.25, 0.3) is 0 Å². The van der Waals surface area contributed by atoms with Gasteiger partial charge in [0.25, 0.3) is 0 Å². The number of nitrogens with one attached hydrogen (secondary N) is 1. The third-order valence-corrected chi connectivity index (χ3v) is 4.13. The summed E-state index contributed by atoms with van der Waals surface area (Å²) in [5.74, 6) is -0.0666. The highest BCUT2D eigenvalue weighted by atomic mass is 35.5. The van der Waals surface area contributed by atoms with E-state index in [0.717, 1.165) is 12.8 Å². The number of rotatable bonds is 5. The Morgan fingerprint density at radius 1 is 1.25 bits per heavy atom. The molecule has 0 aromatic rings. The zero-order chi connectivity index (χ0) is 13.6. The van der Waals surface area contributed by atoms with Crippen molar-refractivity contribution in [1.29, 1.82) is 0 Å². The second kappa shape index (κ2) is 8.82. The lowest BCUT2D eigenvalue weighted by Gasteiger charge is -2.31. The Hall–Kier alpha value is -0.360. The van der Waals surface area contributed by atoms with Gasteiger partial charge in [-0.1, -0.05) is 19.3 Å². The molecular formula is C14H27ClN2O3. The van der Waals surface area contributed by atoms with Crippen molar-refractivity contribution in [2.75, 3.05) is 26.4 Å². The first-order chi connectivity index (χ1) is 9.21. The third kappa shape index (κ3) is 5.20. The molecule has 1 saturated carbocycles. The van der Waals surface area contributed by atoms with Gasteiger partial charge >= 0.3 is 0 Å². The molecule has 0 aromatic carbocycles. The smallest absolute Gasteiger partial charge is 0.240 e. The van der Waals surface area contributed by atoms with Gasteiger partial charge < -0.3 is 20.5 Å². The van der Waals surface area contributed by atoms with Crippen LogP contribution in [-0.4, -0.2) is 43.9 Å². The van der Waals surface area contributed by atoms with Crippen molar-refractivity contribution < 1.29 is 14.3 Å². The minimum atomic E-state index is -0.747. The highest BCUT2D eigenvalue weighted by Gasteiger charge is 2.35. The van der Waals surface area contributed by atoms with Crippen molar-refractivity contribution in [3.05, 3.63) is 0 Å². The van der Waals surface area contributed by atoms with E-state index in [9.17, 15) is 4.79 Å². The standard InChI is InChI=1S/C14H26N2O3.ClH/c15-14(6-9-18-10-7-14)13(17)16-8-11-19-12-4-2-1-3-5-12;/h12H,1-11,15H2,(H,16,17);1H. The number of carbonyl (C=O) groups is 1. The van der Waals surface area contributed by atoms with Gasteiger partial charge in [-0.3, -0.25) is 4.79 Å². The summed E-state index contributed by atoms with van der Waals surface area (Å²) in [6, 6.07) is 0. The van der Waals surface area contributed by atoms with Crippen molar-refractivity contribution >= 4 is 18.3 Å². The molecule has 3 N–H and O–H groups in total. The van der Waals surface area contributed by atoms with Crippen LogP contribution in [0.3, 0.4) is 0 Å². The van der Waals surface area contributed by atoms with Crippen LogP contribution in [0.5, 0.6) is 0 Å². The lowest BCUT2D eigenvalue weighted by Crippen LogP contribution is -2.57. The van der Waals surface area contributed by atoms with Crippen LogP contribution in [0, 0.1) is 0 Å². The molecule has 0 radical (unpaired) electrons. The van der Waals surface area contributed by atoms with Crippen molar-refractivity contribution in [3.8, 4) is 0 Å². The number of amides is 1. The first kappa shape index (κ1) is 17.7. The van der Waals surface area contributed by atoms with E-state index < -0.39 is 5.54 Å². The molecule has 1 saturated heterocycles. The molecule has 1 aliphatic heterocycles. The number of halogens is 1. The SMILES string of the molecule is Cl.NC1(C(=O)NCCOC2CCCCC2)CCOCC1. The topological polar surface area (TPSA) is 73.6 Å². The van der Waals surface area contributed by atoms with E-state index in [1.54, 1.807) is 0 Å². The van der Waals surface area contributed by atoms with E-state index >= 15 is 0 Å². The molecule has 0 unspecified atom stereocenters. The quantitative estimate of drug-likeness (QED) is 0.753. The monoisotopic (exact) mass is 306 g/mol. The summed E-state index contributed by atoms with van der Waals surface area (Å²) in [7, 11) is 0. The van der Waals surface area contributed by atoms with E-state index in [2.05, 4.69) is 5.32 Å². The first-order valence-electron chi connectivity index (χ1n) is 7.47. The summed E-state index contributed by atoms with van der Waals surface area (Å²) < 4.78 is 11.0. The van der Waals surface area contributed by atoms with Crippen molar-refractivity contribution in [2.45, 2.75) is 56.6 Å². The molecular weight excluding hydrogens is 280 g/mol. The zero-order valence-corrected chi connectivity index (χ0v) is 12.9. The summed E-state index contributed by atoms with van der Waals surface area (Å²) in [6.07, 6.45) is 7.77. The van der Waals surface area contributed by atoms with Crippen LogP contribution in [0.2, 0.25) is 0 Å². The molecule has 6 heteroatoms. The average Bonchev–Trinajstić information content (AvgIpc) is 2.45. The molecule has 2 rings (SSSR count). The number of hydrogen-bond donors (Lipinski definition) is 2. The molecule has 0 spiro atoms. The summed E-state index contributed by atoms with van der Waals surface area (Å²) in [5, 5.41) is 2.89. The second-order valence-electron chi connectivity index (χ2n) is 5.66. The Labute approximate surface area is 127 Å². The lowest BCUT2D eigenvalue weighted by molar-refractivity contribution is -0.130. The predicted octanol–water partition coefficient (Wildman–Crippen LogP) is 1.38. The van der Waals surface area contributed by atoms with Crippen molar-refractivity contribution in [3.63, 3.8) is 0 Å². The van der Waals surface area contributed by atoms with E-state index in [-0.39, 0.29) is 18.3 Å². The normalized spacial score (nSPS) is 22.9. The molecule has 2 aliphatic rings.